The summed E-state index contributed by atoms with van der Waals surface area (Å²) in [5.41, 5.74) is 0.738. The maximum atomic E-state index is 14.3. The van der Waals surface area contributed by atoms with Crippen LogP contribution in [-0.4, -0.2) is 113 Å². The highest BCUT2D eigenvalue weighted by atomic mass is 16.5. The molecule has 4 atom stereocenters. The number of hydrogen-bond acceptors (Lipinski definition) is 7. The summed E-state index contributed by atoms with van der Waals surface area (Å²) in [6.45, 7) is 19.0. The van der Waals surface area contributed by atoms with Gasteiger partial charge in [0.15, 0.2) is 0 Å². The molecule has 11 heteroatoms. The lowest BCUT2D eigenvalue weighted by Gasteiger charge is -2.41. The molecule has 1 aromatic rings. The van der Waals surface area contributed by atoms with Gasteiger partial charge in [-0.05, 0) is 76.8 Å². The van der Waals surface area contributed by atoms with Crippen LogP contribution in [0.4, 0.5) is 0 Å². The predicted molar refractivity (Wildman–Crippen MR) is 199 cm³/mol. The molecule has 11 nitrogen and oxygen atoms in total. The summed E-state index contributed by atoms with van der Waals surface area (Å²) in [4.78, 5) is 75.5. The summed E-state index contributed by atoms with van der Waals surface area (Å²) in [7, 11) is 1.73. The van der Waals surface area contributed by atoms with Crippen molar-refractivity contribution in [1.29, 1.82) is 0 Å². The van der Waals surface area contributed by atoms with Crippen LogP contribution in [0, 0.1) is 11.3 Å². The van der Waals surface area contributed by atoms with Gasteiger partial charge in [0.1, 0.15) is 18.6 Å². The van der Waals surface area contributed by atoms with Crippen LogP contribution in [0.3, 0.4) is 0 Å². The lowest BCUT2D eigenvalue weighted by Crippen LogP contribution is -2.60. The molecule has 1 N–H and O–H groups in total. The summed E-state index contributed by atoms with van der Waals surface area (Å²) in [5.74, 6) is -1.46. The molecular formula is C40H63N5O6. The molecule has 0 aliphatic carbocycles. The van der Waals surface area contributed by atoms with Gasteiger partial charge < -0.3 is 24.8 Å². The number of likely N-dealkylation sites (N-methyl/N-ethyl adjacent to an activating group) is 1. The number of benzene rings is 1. The first-order valence-corrected chi connectivity index (χ1v) is 18.8. The highest BCUT2D eigenvalue weighted by Crippen LogP contribution is 2.27. The second-order valence-electron chi connectivity index (χ2n) is 15.8. The average Bonchev–Trinajstić information content (AvgIpc) is 3.57. The van der Waals surface area contributed by atoms with Crippen molar-refractivity contribution in [2.24, 2.45) is 11.3 Å². The lowest BCUT2D eigenvalue weighted by atomic mass is 9.84. The van der Waals surface area contributed by atoms with E-state index in [4.69, 9.17) is 4.74 Å². The molecule has 2 fully saturated rings. The van der Waals surface area contributed by atoms with Gasteiger partial charge in [-0.15, -0.1) is 0 Å². The monoisotopic (exact) mass is 709 g/mol. The van der Waals surface area contributed by atoms with Crippen LogP contribution in [0.2, 0.25) is 0 Å². The van der Waals surface area contributed by atoms with E-state index >= 15 is 0 Å². The molecular weight excluding hydrogens is 646 g/mol. The van der Waals surface area contributed by atoms with E-state index in [0.29, 0.717) is 25.0 Å². The Balaban J connectivity index is 1.82. The van der Waals surface area contributed by atoms with Crippen LogP contribution in [0.5, 0.6) is 0 Å². The zero-order valence-corrected chi connectivity index (χ0v) is 32.7. The highest BCUT2D eigenvalue weighted by Gasteiger charge is 2.41. The molecule has 0 bridgehead atoms. The summed E-state index contributed by atoms with van der Waals surface area (Å²) >= 11 is 0. The maximum absolute atomic E-state index is 14.3. The number of nitrogens with one attached hydrogen (secondary N) is 1. The number of amides is 4. The van der Waals surface area contributed by atoms with Crippen LogP contribution >= 0.6 is 0 Å². The Morgan fingerprint density at radius 3 is 2.20 bits per heavy atom. The van der Waals surface area contributed by atoms with Gasteiger partial charge >= 0.3 is 5.97 Å². The molecule has 0 spiro atoms. The largest absolute Gasteiger partial charge is 0.465 e. The molecule has 2 saturated heterocycles. The standard InChI is InChI=1S/C40H63N5O6/c1-11-51-34(46)26-43(25-30-18-13-12-14-19-30)38(49)32-21-17-23-45(32)37(48)29(6)24-33(27(2)3)42(10)39(50)35(40(7,8)9)41-36(47)31-20-15-16-22-44(31)28(4)5/h12-14,18-19,24,27-28,31-33,35H,11,15-17,20-23,25-26H2,1-10H3,(H,41,47)/t31?,32-,33+,35+/m0/s1. The Kier molecular flexibility index (Phi) is 15.3. The topological polar surface area (TPSA) is 120 Å². The van der Waals surface area contributed by atoms with Crippen molar-refractivity contribution in [2.75, 3.05) is 33.3 Å². The predicted octanol–water partition coefficient (Wildman–Crippen LogP) is 4.79. The molecule has 0 radical (unpaired) electrons. The Morgan fingerprint density at radius 2 is 1.61 bits per heavy atom. The Bertz CT molecular complexity index is 1390. The van der Waals surface area contributed by atoms with E-state index in [1.165, 1.54) is 4.90 Å². The minimum absolute atomic E-state index is 0.0465. The summed E-state index contributed by atoms with van der Waals surface area (Å²) in [5, 5.41) is 3.13. The fraction of sp³-hybridized carbons (Fsp3) is 0.675. The van der Waals surface area contributed by atoms with E-state index in [0.717, 1.165) is 31.4 Å². The molecule has 0 saturated carbocycles. The summed E-state index contributed by atoms with van der Waals surface area (Å²) in [6, 6.07) is 7.44. The van der Waals surface area contributed by atoms with E-state index < -0.39 is 29.5 Å². The Morgan fingerprint density at radius 1 is 0.961 bits per heavy atom. The first kappa shape index (κ1) is 41.7. The molecule has 3 rings (SSSR count). The molecule has 1 unspecified atom stereocenters. The molecule has 284 valence electrons. The molecule has 0 aromatic heterocycles. The molecule has 4 amide bonds. The summed E-state index contributed by atoms with van der Waals surface area (Å²) in [6.07, 6.45) is 5.74. The van der Waals surface area contributed by atoms with Crippen molar-refractivity contribution in [3.8, 4) is 0 Å². The third-order valence-corrected chi connectivity index (χ3v) is 10.1. The van der Waals surface area contributed by atoms with Gasteiger partial charge in [0.05, 0.1) is 18.7 Å². The molecule has 1 aromatic carbocycles. The van der Waals surface area contributed by atoms with Gasteiger partial charge in [0.2, 0.25) is 23.6 Å². The van der Waals surface area contributed by atoms with Crippen LogP contribution < -0.4 is 5.32 Å². The number of rotatable bonds is 14. The van der Waals surface area contributed by atoms with Crippen molar-refractivity contribution < 1.29 is 28.7 Å². The van der Waals surface area contributed by atoms with Crippen LogP contribution in [-0.2, 0) is 35.3 Å². The molecule has 51 heavy (non-hydrogen) atoms. The average molecular weight is 710 g/mol. The van der Waals surface area contributed by atoms with E-state index in [9.17, 15) is 24.0 Å². The van der Waals surface area contributed by atoms with E-state index in [1.807, 2.05) is 71.0 Å². The maximum Gasteiger partial charge on any atom is 0.325 e. The normalized spacial score (nSPS) is 19.8. The number of esters is 1. The van der Waals surface area contributed by atoms with Crippen molar-refractivity contribution in [2.45, 2.75) is 131 Å². The number of likely N-dealkylation sites (tertiary alicyclic amines) is 2. The van der Waals surface area contributed by atoms with Gasteiger partial charge in [-0.1, -0.05) is 77.4 Å². The zero-order valence-electron chi connectivity index (χ0n) is 32.7. The minimum Gasteiger partial charge on any atom is -0.465 e. The third-order valence-electron chi connectivity index (χ3n) is 10.1. The number of carbonyl (C=O) groups is 5. The van der Waals surface area contributed by atoms with Crippen LogP contribution in [0.15, 0.2) is 42.0 Å². The van der Waals surface area contributed by atoms with Gasteiger partial charge in [0, 0.05) is 31.8 Å². The smallest absolute Gasteiger partial charge is 0.325 e. The first-order chi connectivity index (χ1) is 24.0. The number of hydrogen-bond donors (Lipinski definition) is 1. The number of carbonyl (C=O) groups excluding carboxylic acids is 5. The first-order valence-electron chi connectivity index (χ1n) is 18.8. The van der Waals surface area contributed by atoms with Crippen molar-refractivity contribution in [3.05, 3.63) is 47.5 Å². The summed E-state index contributed by atoms with van der Waals surface area (Å²) < 4.78 is 5.17. The minimum atomic E-state index is -0.771. The van der Waals surface area contributed by atoms with Crippen molar-refractivity contribution >= 4 is 29.6 Å². The number of ether oxygens (including phenoxy) is 1. The Hall–Kier alpha value is -3.73. The van der Waals surface area contributed by atoms with Crippen molar-refractivity contribution in [1.82, 2.24) is 24.9 Å². The second-order valence-corrected chi connectivity index (χ2v) is 15.8. The SMILES string of the molecule is CCOC(=O)CN(Cc1ccccc1)C(=O)[C@@H]1CCCN1C(=O)C(C)=C[C@H](C(C)C)N(C)C(=O)[C@@H](NC(=O)C1CCCCN1C(C)C)C(C)(C)C. The van der Waals surface area contributed by atoms with Gasteiger partial charge in [0.25, 0.3) is 0 Å². The van der Waals surface area contributed by atoms with Crippen LogP contribution in [0.1, 0.15) is 100.0 Å². The quantitative estimate of drug-likeness (QED) is 0.218. The fourth-order valence-electron chi connectivity index (χ4n) is 7.25. The van der Waals surface area contributed by atoms with Gasteiger partial charge in [-0.2, -0.15) is 0 Å². The van der Waals surface area contributed by atoms with E-state index in [1.54, 1.807) is 30.7 Å². The van der Waals surface area contributed by atoms with E-state index in [2.05, 4.69) is 24.1 Å². The molecule has 2 aliphatic heterocycles. The Labute approximate surface area is 306 Å². The van der Waals surface area contributed by atoms with Gasteiger partial charge in [-0.3, -0.25) is 28.9 Å². The zero-order chi connectivity index (χ0) is 38.0. The fourth-order valence-corrected chi connectivity index (χ4v) is 7.25. The lowest BCUT2D eigenvalue weighted by molar-refractivity contribution is -0.151. The van der Waals surface area contributed by atoms with Crippen molar-refractivity contribution in [3.63, 3.8) is 0 Å². The second kappa shape index (κ2) is 18.7. The number of piperidine rings is 1. The third kappa shape index (κ3) is 11.1. The molecule has 2 aliphatic rings. The van der Waals surface area contributed by atoms with Gasteiger partial charge in [-0.25, -0.2) is 0 Å². The highest BCUT2D eigenvalue weighted by molar-refractivity contribution is 5.98. The van der Waals surface area contributed by atoms with Crippen LogP contribution in [0.25, 0.3) is 0 Å². The number of nitrogens with zero attached hydrogens (tertiary/aromatic N) is 4. The molecule has 2 heterocycles. The van der Waals surface area contributed by atoms with E-state index in [-0.39, 0.29) is 61.3 Å².